The second kappa shape index (κ2) is 8.35. The lowest BCUT2D eigenvalue weighted by molar-refractivity contribution is -0.132. The summed E-state index contributed by atoms with van der Waals surface area (Å²) in [5.74, 6) is 0.311. The lowest BCUT2D eigenvalue weighted by Gasteiger charge is -2.24. The maximum atomic E-state index is 12.4. The summed E-state index contributed by atoms with van der Waals surface area (Å²) >= 11 is 0. The average molecular weight is 386 g/mol. The zero-order chi connectivity index (χ0) is 20.3. The van der Waals surface area contributed by atoms with Crippen molar-refractivity contribution in [2.75, 3.05) is 19.6 Å². The van der Waals surface area contributed by atoms with Gasteiger partial charge < -0.3 is 20.3 Å². The number of aliphatic hydroxyl groups is 1. The number of likely N-dealkylation sites (tertiary alicyclic amines) is 1. The van der Waals surface area contributed by atoms with Crippen LogP contribution in [0.3, 0.4) is 0 Å². The molecule has 28 heavy (non-hydrogen) atoms. The minimum atomic E-state index is -1.04. The van der Waals surface area contributed by atoms with Crippen LogP contribution in [0.25, 0.3) is 10.9 Å². The fraction of sp³-hybridized carbons (Fsp3) is 0.545. The largest absolute Gasteiger partial charge is 0.386 e. The van der Waals surface area contributed by atoms with Gasteiger partial charge in [-0.25, -0.2) is 0 Å². The molecule has 1 fully saturated rings. The van der Waals surface area contributed by atoms with Crippen LogP contribution >= 0.6 is 0 Å². The normalized spacial score (nSPS) is 20.5. The Morgan fingerprint density at radius 2 is 2.18 bits per heavy atom. The van der Waals surface area contributed by atoms with Crippen LogP contribution in [0.15, 0.2) is 24.4 Å². The third-order valence-corrected chi connectivity index (χ3v) is 5.79. The van der Waals surface area contributed by atoms with Crippen molar-refractivity contribution < 1.29 is 14.7 Å². The number of rotatable bonds is 7. The van der Waals surface area contributed by atoms with E-state index >= 15 is 0 Å². The van der Waals surface area contributed by atoms with E-state index in [0.29, 0.717) is 25.3 Å². The van der Waals surface area contributed by atoms with Crippen LogP contribution in [0.2, 0.25) is 0 Å². The molecule has 0 saturated carbocycles. The first kappa shape index (κ1) is 20.4. The number of carbonyl (C=O) groups is 2. The molecule has 0 bridgehead atoms. The molecule has 0 radical (unpaired) electrons. The minimum Gasteiger partial charge on any atom is -0.386 e. The lowest BCUT2D eigenvalue weighted by atomic mass is 10.0. The van der Waals surface area contributed by atoms with Gasteiger partial charge in [-0.3, -0.25) is 9.59 Å². The molecule has 1 aromatic carbocycles. The van der Waals surface area contributed by atoms with Crippen LogP contribution in [0.1, 0.15) is 44.2 Å². The molecular formula is C22H31N3O3. The Balaban J connectivity index is 1.52. The number of aromatic nitrogens is 1. The minimum absolute atomic E-state index is 0.0886. The molecule has 6 nitrogen and oxygen atoms in total. The number of amides is 2. The second-order valence-corrected chi connectivity index (χ2v) is 8.32. The Morgan fingerprint density at radius 3 is 2.93 bits per heavy atom. The molecule has 2 atom stereocenters. The van der Waals surface area contributed by atoms with Crippen molar-refractivity contribution in [3.8, 4) is 0 Å². The van der Waals surface area contributed by atoms with Crippen molar-refractivity contribution in [2.24, 2.45) is 5.92 Å². The molecule has 1 aliphatic heterocycles. The molecule has 2 aromatic rings. The number of H-pyrrole nitrogens is 1. The van der Waals surface area contributed by atoms with E-state index in [-0.39, 0.29) is 31.3 Å². The first-order valence-electron chi connectivity index (χ1n) is 10.1. The highest BCUT2D eigenvalue weighted by Crippen LogP contribution is 2.23. The molecule has 2 heterocycles. The van der Waals surface area contributed by atoms with Gasteiger partial charge in [-0.2, -0.15) is 0 Å². The molecule has 2 amide bonds. The molecule has 2 unspecified atom stereocenters. The van der Waals surface area contributed by atoms with Crippen molar-refractivity contribution in [3.05, 3.63) is 35.5 Å². The Kier molecular flexibility index (Phi) is 6.08. The van der Waals surface area contributed by atoms with Gasteiger partial charge >= 0.3 is 0 Å². The molecule has 3 rings (SSSR count). The molecule has 0 spiro atoms. The van der Waals surface area contributed by atoms with Gasteiger partial charge in [0.25, 0.3) is 0 Å². The highest BCUT2D eigenvalue weighted by atomic mass is 16.3. The summed E-state index contributed by atoms with van der Waals surface area (Å²) in [6.07, 6.45) is 4.09. The van der Waals surface area contributed by atoms with E-state index in [0.717, 1.165) is 22.9 Å². The summed E-state index contributed by atoms with van der Waals surface area (Å²) in [5.41, 5.74) is 2.09. The summed E-state index contributed by atoms with van der Waals surface area (Å²) in [4.78, 5) is 29.7. The van der Waals surface area contributed by atoms with Crippen LogP contribution in [0, 0.1) is 12.8 Å². The smallest absolute Gasteiger partial charge is 0.224 e. The second-order valence-electron chi connectivity index (χ2n) is 8.32. The third-order valence-electron chi connectivity index (χ3n) is 5.79. The van der Waals surface area contributed by atoms with Crippen molar-refractivity contribution in [2.45, 2.75) is 52.1 Å². The van der Waals surface area contributed by atoms with Crippen molar-refractivity contribution in [1.82, 2.24) is 15.2 Å². The number of β-amino-alcohol motifs (C(OH)–C–C–N with tert-alkyl or cyclic N) is 1. The summed E-state index contributed by atoms with van der Waals surface area (Å²) in [6.45, 7) is 7.17. The molecule has 152 valence electrons. The average Bonchev–Trinajstić information content (AvgIpc) is 3.24. The van der Waals surface area contributed by atoms with Crippen LogP contribution in [0.4, 0.5) is 0 Å². The molecule has 1 saturated heterocycles. The Hall–Kier alpha value is -2.34. The van der Waals surface area contributed by atoms with E-state index in [2.05, 4.69) is 30.2 Å². The van der Waals surface area contributed by atoms with Gasteiger partial charge in [0.1, 0.15) is 5.60 Å². The van der Waals surface area contributed by atoms with E-state index in [4.69, 9.17) is 0 Å². The maximum absolute atomic E-state index is 12.4. The number of hydrogen-bond acceptors (Lipinski definition) is 3. The number of hydrogen-bond donors (Lipinski definition) is 3. The number of nitrogens with zero attached hydrogens (tertiary/aromatic N) is 1. The first-order valence-corrected chi connectivity index (χ1v) is 10.1. The Bertz CT molecular complexity index is 860. The number of fused-ring (bicyclic) bond motifs is 1. The van der Waals surface area contributed by atoms with E-state index in [1.807, 2.05) is 25.3 Å². The van der Waals surface area contributed by atoms with Crippen LogP contribution in [0.5, 0.6) is 0 Å². The van der Waals surface area contributed by atoms with E-state index in [9.17, 15) is 14.7 Å². The van der Waals surface area contributed by atoms with Crippen LogP contribution < -0.4 is 5.32 Å². The molecule has 0 aliphatic carbocycles. The van der Waals surface area contributed by atoms with Gasteiger partial charge in [0.2, 0.25) is 11.8 Å². The van der Waals surface area contributed by atoms with E-state index in [1.165, 1.54) is 5.56 Å². The number of aryl methyl sites for hydroxylation is 1. The fourth-order valence-electron chi connectivity index (χ4n) is 3.73. The maximum Gasteiger partial charge on any atom is 0.224 e. The topological polar surface area (TPSA) is 85.4 Å². The quantitative estimate of drug-likeness (QED) is 0.685. The summed E-state index contributed by atoms with van der Waals surface area (Å²) < 4.78 is 0. The van der Waals surface area contributed by atoms with Crippen molar-refractivity contribution in [1.29, 1.82) is 0 Å². The molecule has 1 aliphatic rings. The van der Waals surface area contributed by atoms with Gasteiger partial charge in [-0.1, -0.05) is 32.4 Å². The number of aromatic amines is 1. The van der Waals surface area contributed by atoms with E-state index < -0.39 is 5.60 Å². The Labute approximate surface area is 166 Å². The lowest BCUT2D eigenvalue weighted by Crippen LogP contribution is -2.46. The molecule has 3 N–H and O–H groups in total. The zero-order valence-corrected chi connectivity index (χ0v) is 17.0. The summed E-state index contributed by atoms with van der Waals surface area (Å²) in [7, 11) is 0. The summed E-state index contributed by atoms with van der Waals surface area (Å²) in [6, 6.07) is 6.11. The molecule has 1 aromatic heterocycles. The standard InChI is InChI=1S/C22H31N3O3/c1-4-15(2)10-21(27)25-8-7-22(28,14-25)13-24-20(26)11-17-12-23-19-9-16(3)5-6-18(17)19/h5-6,9,12,15,23,28H,4,7-8,10-11,13-14H2,1-3H3,(H,24,26). The third kappa shape index (κ3) is 4.73. The molecule has 6 heteroatoms. The number of nitrogens with one attached hydrogen (secondary N) is 2. The van der Waals surface area contributed by atoms with Gasteiger partial charge in [0.15, 0.2) is 0 Å². The van der Waals surface area contributed by atoms with E-state index in [1.54, 1.807) is 4.90 Å². The fourth-order valence-corrected chi connectivity index (χ4v) is 3.73. The highest BCUT2D eigenvalue weighted by Gasteiger charge is 2.38. The summed E-state index contributed by atoms with van der Waals surface area (Å²) in [5, 5.41) is 14.7. The van der Waals surface area contributed by atoms with Gasteiger partial charge in [0, 0.05) is 36.6 Å². The number of benzene rings is 1. The highest BCUT2D eigenvalue weighted by molar-refractivity contribution is 5.89. The predicted molar refractivity (Wildman–Crippen MR) is 110 cm³/mol. The van der Waals surface area contributed by atoms with Gasteiger partial charge in [0.05, 0.1) is 13.0 Å². The van der Waals surface area contributed by atoms with Crippen molar-refractivity contribution >= 4 is 22.7 Å². The van der Waals surface area contributed by atoms with Gasteiger partial charge in [-0.05, 0) is 36.5 Å². The zero-order valence-electron chi connectivity index (χ0n) is 17.0. The van der Waals surface area contributed by atoms with Crippen molar-refractivity contribution in [3.63, 3.8) is 0 Å². The van der Waals surface area contributed by atoms with Crippen LogP contribution in [-0.2, 0) is 16.0 Å². The van der Waals surface area contributed by atoms with Crippen LogP contribution in [-0.4, -0.2) is 52.0 Å². The Morgan fingerprint density at radius 1 is 1.39 bits per heavy atom. The SMILES string of the molecule is CCC(C)CC(=O)N1CCC(O)(CNC(=O)Cc2c[nH]c3cc(C)ccc23)C1. The number of carbonyl (C=O) groups excluding carboxylic acids is 2. The first-order chi connectivity index (χ1) is 13.3. The monoisotopic (exact) mass is 385 g/mol. The van der Waals surface area contributed by atoms with Gasteiger partial charge in [-0.15, -0.1) is 0 Å². The molecular weight excluding hydrogens is 354 g/mol. The predicted octanol–water partition coefficient (Wildman–Crippen LogP) is 2.53.